The largest absolute Gasteiger partial charge is 0.489 e. The maximum atomic E-state index is 5.64. The first-order valence-corrected chi connectivity index (χ1v) is 6.22. The van der Waals surface area contributed by atoms with Crippen molar-refractivity contribution in [2.45, 2.75) is 26.8 Å². The van der Waals surface area contributed by atoms with Crippen molar-refractivity contribution in [2.24, 2.45) is 0 Å². The molecular formula is C13H22N2O2. The predicted octanol–water partition coefficient (Wildman–Crippen LogP) is 2.00. The second-order valence-corrected chi connectivity index (χ2v) is 3.71. The van der Waals surface area contributed by atoms with Gasteiger partial charge in [0.2, 0.25) is 0 Å². The molecule has 0 bridgehead atoms. The standard InChI is InChI=1S/C13H22N2O2/c1-3-6-14-10-12-5-7-15-11-13(12)17-9-8-16-4-2/h5,7,11,14H,3-4,6,8-10H2,1-2H3. The van der Waals surface area contributed by atoms with E-state index in [1.54, 1.807) is 12.4 Å². The topological polar surface area (TPSA) is 43.4 Å². The Balaban J connectivity index is 2.40. The van der Waals surface area contributed by atoms with Crippen molar-refractivity contribution in [2.75, 3.05) is 26.4 Å². The highest BCUT2D eigenvalue weighted by atomic mass is 16.5. The lowest BCUT2D eigenvalue weighted by molar-refractivity contribution is 0.109. The Morgan fingerprint density at radius 3 is 2.94 bits per heavy atom. The van der Waals surface area contributed by atoms with Crippen molar-refractivity contribution >= 4 is 0 Å². The van der Waals surface area contributed by atoms with Crippen LogP contribution in [0, 0.1) is 0 Å². The van der Waals surface area contributed by atoms with E-state index in [9.17, 15) is 0 Å². The van der Waals surface area contributed by atoms with E-state index in [1.807, 2.05) is 13.0 Å². The van der Waals surface area contributed by atoms with Gasteiger partial charge in [0.15, 0.2) is 0 Å². The van der Waals surface area contributed by atoms with Gasteiger partial charge in [0.25, 0.3) is 0 Å². The zero-order valence-electron chi connectivity index (χ0n) is 10.7. The third kappa shape index (κ3) is 5.65. The first-order valence-electron chi connectivity index (χ1n) is 6.22. The van der Waals surface area contributed by atoms with E-state index in [2.05, 4.69) is 17.2 Å². The summed E-state index contributed by atoms with van der Waals surface area (Å²) in [5.41, 5.74) is 1.14. The molecule has 0 saturated heterocycles. The van der Waals surface area contributed by atoms with Gasteiger partial charge in [-0.3, -0.25) is 4.98 Å². The van der Waals surface area contributed by atoms with Gasteiger partial charge in [-0.1, -0.05) is 6.92 Å². The Kier molecular flexibility index (Phi) is 7.34. The van der Waals surface area contributed by atoms with Crippen LogP contribution in [-0.2, 0) is 11.3 Å². The Labute approximate surface area is 103 Å². The van der Waals surface area contributed by atoms with Crippen molar-refractivity contribution in [1.82, 2.24) is 10.3 Å². The highest BCUT2D eigenvalue weighted by Crippen LogP contribution is 2.15. The summed E-state index contributed by atoms with van der Waals surface area (Å²) in [5.74, 6) is 0.843. The van der Waals surface area contributed by atoms with Crippen molar-refractivity contribution in [3.63, 3.8) is 0 Å². The highest BCUT2D eigenvalue weighted by Gasteiger charge is 2.02. The summed E-state index contributed by atoms with van der Waals surface area (Å²) in [6.45, 7) is 7.87. The third-order valence-corrected chi connectivity index (χ3v) is 2.30. The molecule has 0 fully saturated rings. The second-order valence-electron chi connectivity index (χ2n) is 3.71. The van der Waals surface area contributed by atoms with Crippen molar-refractivity contribution in [3.8, 4) is 5.75 Å². The molecule has 0 radical (unpaired) electrons. The van der Waals surface area contributed by atoms with Gasteiger partial charge < -0.3 is 14.8 Å². The molecule has 0 aliphatic rings. The van der Waals surface area contributed by atoms with Gasteiger partial charge in [-0.25, -0.2) is 0 Å². The number of pyridine rings is 1. The summed E-state index contributed by atoms with van der Waals surface area (Å²) in [5, 5.41) is 3.35. The van der Waals surface area contributed by atoms with Gasteiger partial charge in [0.05, 0.1) is 12.8 Å². The van der Waals surface area contributed by atoms with Crippen LogP contribution in [0.5, 0.6) is 5.75 Å². The van der Waals surface area contributed by atoms with Gasteiger partial charge in [-0.2, -0.15) is 0 Å². The molecule has 1 aromatic rings. The van der Waals surface area contributed by atoms with Crippen molar-refractivity contribution in [3.05, 3.63) is 24.0 Å². The van der Waals surface area contributed by atoms with E-state index in [0.29, 0.717) is 13.2 Å². The number of ether oxygens (including phenoxy) is 2. The van der Waals surface area contributed by atoms with E-state index in [0.717, 1.165) is 37.4 Å². The Hall–Kier alpha value is -1.13. The molecule has 96 valence electrons. The van der Waals surface area contributed by atoms with Gasteiger partial charge in [0.1, 0.15) is 12.4 Å². The number of hydrogen-bond acceptors (Lipinski definition) is 4. The van der Waals surface area contributed by atoms with Crippen molar-refractivity contribution in [1.29, 1.82) is 0 Å². The Bertz CT molecular complexity index is 305. The molecule has 0 atom stereocenters. The fraction of sp³-hybridized carbons (Fsp3) is 0.615. The maximum absolute atomic E-state index is 5.64. The fourth-order valence-corrected chi connectivity index (χ4v) is 1.44. The number of nitrogens with one attached hydrogen (secondary N) is 1. The molecule has 0 aliphatic heterocycles. The molecule has 0 saturated carbocycles. The maximum Gasteiger partial charge on any atom is 0.142 e. The summed E-state index contributed by atoms with van der Waals surface area (Å²) in [7, 11) is 0. The minimum absolute atomic E-state index is 0.570. The summed E-state index contributed by atoms with van der Waals surface area (Å²) in [6, 6.07) is 1.98. The molecule has 17 heavy (non-hydrogen) atoms. The molecule has 1 aromatic heterocycles. The monoisotopic (exact) mass is 238 g/mol. The lowest BCUT2D eigenvalue weighted by atomic mass is 10.2. The zero-order valence-corrected chi connectivity index (χ0v) is 10.7. The number of nitrogens with zero attached hydrogens (tertiary/aromatic N) is 1. The molecule has 1 N–H and O–H groups in total. The smallest absolute Gasteiger partial charge is 0.142 e. The molecule has 0 spiro atoms. The van der Waals surface area contributed by atoms with Gasteiger partial charge in [-0.05, 0) is 26.0 Å². The van der Waals surface area contributed by atoms with Crippen LogP contribution in [0.2, 0.25) is 0 Å². The zero-order chi connectivity index (χ0) is 12.3. The molecule has 0 amide bonds. The van der Waals surface area contributed by atoms with E-state index < -0.39 is 0 Å². The van der Waals surface area contributed by atoms with E-state index >= 15 is 0 Å². The van der Waals surface area contributed by atoms with E-state index in [4.69, 9.17) is 9.47 Å². The van der Waals surface area contributed by atoms with Crippen LogP contribution in [0.15, 0.2) is 18.5 Å². The van der Waals surface area contributed by atoms with Gasteiger partial charge >= 0.3 is 0 Å². The van der Waals surface area contributed by atoms with E-state index in [-0.39, 0.29) is 0 Å². The normalized spacial score (nSPS) is 10.5. The average Bonchev–Trinajstić information content (AvgIpc) is 2.36. The number of aromatic nitrogens is 1. The molecule has 1 rings (SSSR count). The molecule has 0 unspecified atom stereocenters. The van der Waals surface area contributed by atoms with Crippen LogP contribution < -0.4 is 10.1 Å². The molecular weight excluding hydrogens is 216 g/mol. The van der Waals surface area contributed by atoms with Gasteiger partial charge in [0, 0.05) is 24.9 Å². The Morgan fingerprint density at radius 2 is 2.18 bits per heavy atom. The second kappa shape index (κ2) is 8.96. The van der Waals surface area contributed by atoms with Crippen molar-refractivity contribution < 1.29 is 9.47 Å². The van der Waals surface area contributed by atoms with Crippen LogP contribution in [0.1, 0.15) is 25.8 Å². The lowest BCUT2D eigenvalue weighted by Gasteiger charge is -2.11. The van der Waals surface area contributed by atoms with Crippen LogP contribution in [-0.4, -0.2) is 31.3 Å². The molecule has 4 nitrogen and oxygen atoms in total. The van der Waals surface area contributed by atoms with Crippen LogP contribution in [0.4, 0.5) is 0 Å². The first-order chi connectivity index (χ1) is 8.38. The van der Waals surface area contributed by atoms with Gasteiger partial charge in [-0.15, -0.1) is 0 Å². The molecule has 0 aliphatic carbocycles. The quantitative estimate of drug-likeness (QED) is 0.668. The third-order valence-electron chi connectivity index (χ3n) is 2.30. The molecule has 4 heteroatoms. The number of hydrogen-bond donors (Lipinski definition) is 1. The van der Waals surface area contributed by atoms with E-state index in [1.165, 1.54) is 0 Å². The molecule has 1 heterocycles. The van der Waals surface area contributed by atoms with Crippen LogP contribution in [0.25, 0.3) is 0 Å². The fourth-order valence-electron chi connectivity index (χ4n) is 1.44. The van der Waals surface area contributed by atoms with Crippen LogP contribution in [0.3, 0.4) is 0 Å². The highest BCUT2D eigenvalue weighted by molar-refractivity contribution is 5.29. The first kappa shape index (κ1) is 13.9. The summed E-state index contributed by atoms with van der Waals surface area (Å²) >= 11 is 0. The summed E-state index contributed by atoms with van der Waals surface area (Å²) < 4.78 is 10.9. The average molecular weight is 238 g/mol. The lowest BCUT2D eigenvalue weighted by Crippen LogP contribution is -2.15. The minimum atomic E-state index is 0.570. The Morgan fingerprint density at radius 1 is 1.29 bits per heavy atom. The molecule has 0 aromatic carbocycles. The minimum Gasteiger partial charge on any atom is -0.489 e. The number of rotatable bonds is 9. The summed E-state index contributed by atoms with van der Waals surface area (Å²) in [6.07, 6.45) is 4.68. The van der Waals surface area contributed by atoms with Crippen LogP contribution >= 0.6 is 0 Å². The predicted molar refractivity (Wildman–Crippen MR) is 68.2 cm³/mol. The SMILES string of the molecule is CCCNCc1ccncc1OCCOCC. The summed E-state index contributed by atoms with van der Waals surface area (Å²) in [4.78, 5) is 4.08.